The van der Waals surface area contributed by atoms with Crippen molar-refractivity contribution < 1.29 is 32.2 Å². The molecule has 0 bridgehead atoms. The summed E-state index contributed by atoms with van der Waals surface area (Å²) in [4.78, 5) is 39.8. The number of aromatic nitrogens is 4. The van der Waals surface area contributed by atoms with Crippen LogP contribution in [0.2, 0.25) is 0 Å². The number of amides is 2. The van der Waals surface area contributed by atoms with Crippen molar-refractivity contribution in [2.75, 3.05) is 44.5 Å². The lowest BCUT2D eigenvalue weighted by Gasteiger charge is -2.32. The number of hydrogen-bond donors (Lipinski definition) is 2. The van der Waals surface area contributed by atoms with Crippen LogP contribution in [0.5, 0.6) is 0 Å². The SMILES string of the molecule is COCCC(=O)N1CCO[C@@H](c2nc(-c3ccc(C(=O)Nc4cc(C(F)(F)F)ccn4)cc3)c3c(N)nccn23)C1. The van der Waals surface area contributed by atoms with Gasteiger partial charge in [-0.3, -0.25) is 14.0 Å². The Morgan fingerprint density at radius 3 is 2.68 bits per heavy atom. The number of nitrogens with zero attached hydrogens (tertiary/aromatic N) is 5. The zero-order valence-corrected chi connectivity index (χ0v) is 21.9. The van der Waals surface area contributed by atoms with E-state index < -0.39 is 23.8 Å². The molecule has 4 heterocycles. The first-order chi connectivity index (χ1) is 19.7. The monoisotopic (exact) mass is 569 g/mol. The molecular weight excluding hydrogens is 543 g/mol. The first kappa shape index (κ1) is 28.0. The van der Waals surface area contributed by atoms with Crippen LogP contribution in [0.3, 0.4) is 0 Å². The Hall–Kier alpha value is -4.56. The molecule has 0 spiro atoms. The molecule has 3 N–H and O–H groups in total. The Morgan fingerprint density at radius 2 is 1.95 bits per heavy atom. The van der Waals surface area contributed by atoms with Crippen LogP contribution in [-0.2, 0) is 20.4 Å². The van der Waals surface area contributed by atoms with Crippen LogP contribution < -0.4 is 11.1 Å². The van der Waals surface area contributed by atoms with Crippen molar-refractivity contribution in [3.05, 3.63) is 71.9 Å². The summed E-state index contributed by atoms with van der Waals surface area (Å²) in [5.41, 5.74) is 7.14. The molecule has 214 valence electrons. The number of fused-ring (bicyclic) bond motifs is 1. The average molecular weight is 570 g/mol. The van der Waals surface area contributed by atoms with Gasteiger partial charge in [-0.25, -0.2) is 15.0 Å². The number of nitrogens with two attached hydrogens (primary N) is 1. The first-order valence-corrected chi connectivity index (χ1v) is 12.6. The molecule has 4 aromatic rings. The second kappa shape index (κ2) is 11.5. The van der Waals surface area contributed by atoms with Gasteiger partial charge in [0.1, 0.15) is 34.8 Å². The number of ether oxygens (including phenoxy) is 2. The lowest BCUT2D eigenvalue weighted by atomic mass is 10.1. The molecule has 0 aliphatic carbocycles. The molecule has 1 saturated heterocycles. The van der Waals surface area contributed by atoms with Crippen LogP contribution in [-0.4, -0.2) is 69.5 Å². The van der Waals surface area contributed by atoms with E-state index >= 15 is 0 Å². The summed E-state index contributed by atoms with van der Waals surface area (Å²) in [6.45, 7) is 1.41. The number of alkyl halides is 3. The summed E-state index contributed by atoms with van der Waals surface area (Å²) in [7, 11) is 1.54. The summed E-state index contributed by atoms with van der Waals surface area (Å²) >= 11 is 0. The number of pyridine rings is 1. The topological polar surface area (TPSA) is 137 Å². The Morgan fingerprint density at radius 1 is 1.17 bits per heavy atom. The van der Waals surface area contributed by atoms with Gasteiger partial charge in [0.2, 0.25) is 5.91 Å². The maximum Gasteiger partial charge on any atom is 0.416 e. The number of carbonyl (C=O) groups excluding carboxylic acids is 2. The number of morpholine rings is 1. The molecule has 11 nitrogen and oxygen atoms in total. The van der Waals surface area contributed by atoms with Gasteiger partial charge in [-0.05, 0) is 24.3 Å². The number of hydrogen-bond acceptors (Lipinski definition) is 8. The third-order valence-corrected chi connectivity index (χ3v) is 6.59. The van der Waals surface area contributed by atoms with Gasteiger partial charge in [-0.1, -0.05) is 12.1 Å². The van der Waals surface area contributed by atoms with Gasteiger partial charge in [-0.15, -0.1) is 0 Å². The van der Waals surface area contributed by atoms with Crippen LogP contribution in [0, 0.1) is 0 Å². The lowest BCUT2D eigenvalue weighted by molar-refractivity contribution is -0.140. The summed E-state index contributed by atoms with van der Waals surface area (Å²) < 4.78 is 51.8. The van der Waals surface area contributed by atoms with Crippen molar-refractivity contribution >= 4 is 29.0 Å². The molecule has 2 amide bonds. The molecule has 1 atom stereocenters. The average Bonchev–Trinajstić information content (AvgIpc) is 3.37. The predicted octanol–water partition coefficient (Wildman–Crippen LogP) is 3.58. The summed E-state index contributed by atoms with van der Waals surface area (Å²) in [5.74, 6) is -0.140. The van der Waals surface area contributed by atoms with E-state index in [1.54, 1.807) is 34.7 Å². The zero-order valence-electron chi connectivity index (χ0n) is 21.9. The number of imidazole rings is 1. The second-order valence-electron chi connectivity index (χ2n) is 9.25. The second-order valence-corrected chi connectivity index (χ2v) is 9.25. The van der Waals surface area contributed by atoms with Gasteiger partial charge in [-0.2, -0.15) is 13.2 Å². The van der Waals surface area contributed by atoms with Crippen LogP contribution in [0.15, 0.2) is 55.0 Å². The highest BCUT2D eigenvalue weighted by Gasteiger charge is 2.31. The van der Waals surface area contributed by atoms with Gasteiger partial charge in [0.15, 0.2) is 0 Å². The molecule has 14 heteroatoms. The summed E-state index contributed by atoms with van der Waals surface area (Å²) in [6, 6.07) is 7.92. The molecule has 1 aromatic carbocycles. The molecule has 0 saturated carbocycles. The molecule has 1 aliphatic heterocycles. The molecule has 1 aliphatic rings. The fraction of sp³-hybridized carbons (Fsp3) is 0.296. The standard InChI is InChI=1S/C27H26F3N7O4/c1-40-12-7-21(38)36-11-13-41-19(15-36)25-35-22(23-24(31)33-9-10-37(23)25)16-2-4-17(5-3-16)26(39)34-20-14-18(6-8-32-20)27(28,29)30/h2-6,8-10,14,19H,7,11-13,15H2,1H3,(H2,31,33)(H,32,34,39)/t19-/m1/s1. The van der Waals surface area contributed by atoms with Gasteiger partial charge in [0.25, 0.3) is 5.91 Å². The number of halogens is 3. The number of rotatable bonds is 7. The number of anilines is 2. The number of carbonyl (C=O) groups is 2. The van der Waals surface area contributed by atoms with Crippen molar-refractivity contribution in [2.45, 2.75) is 18.7 Å². The van der Waals surface area contributed by atoms with E-state index in [0.717, 1.165) is 18.3 Å². The van der Waals surface area contributed by atoms with Gasteiger partial charge >= 0.3 is 6.18 Å². The van der Waals surface area contributed by atoms with Crippen LogP contribution in [0.1, 0.15) is 34.3 Å². The van der Waals surface area contributed by atoms with E-state index in [4.69, 9.17) is 20.2 Å². The van der Waals surface area contributed by atoms with E-state index in [0.29, 0.717) is 48.9 Å². The minimum atomic E-state index is -4.56. The maximum absolute atomic E-state index is 13.0. The molecule has 5 rings (SSSR count). The minimum absolute atomic E-state index is 0.0448. The number of nitrogen functional groups attached to an aromatic ring is 1. The van der Waals surface area contributed by atoms with Gasteiger partial charge in [0, 0.05) is 43.4 Å². The van der Waals surface area contributed by atoms with E-state index in [-0.39, 0.29) is 29.5 Å². The first-order valence-electron chi connectivity index (χ1n) is 12.6. The number of methoxy groups -OCH3 is 1. The number of nitrogens with one attached hydrogen (secondary N) is 1. The summed E-state index contributed by atoms with van der Waals surface area (Å²) in [5, 5.41) is 2.39. The van der Waals surface area contributed by atoms with Crippen molar-refractivity contribution in [3.8, 4) is 11.3 Å². The highest BCUT2D eigenvalue weighted by Crippen LogP contribution is 2.33. The van der Waals surface area contributed by atoms with Crippen LogP contribution in [0.25, 0.3) is 16.8 Å². The molecule has 0 unspecified atom stereocenters. The van der Waals surface area contributed by atoms with Gasteiger partial charge < -0.3 is 25.4 Å². The molecule has 3 aromatic heterocycles. The Balaban J connectivity index is 1.40. The Labute approximate surface area is 232 Å². The van der Waals surface area contributed by atoms with E-state index in [1.165, 1.54) is 18.3 Å². The largest absolute Gasteiger partial charge is 0.416 e. The Kier molecular flexibility index (Phi) is 7.85. The van der Waals surface area contributed by atoms with Crippen molar-refractivity contribution in [3.63, 3.8) is 0 Å². The van der Waals surface area contributed by atoms with Crippen LogP contribution in [0.4, 0.5) is 24.8 Å². The Bertz CT molecular complexity index is 1570. The van der Waals surface area contributed by atoms with Crippen molar-refractivity contribution in [1.82, 2.24) is 24.3 Å². The normalized spacial score (nSPS) is 15.7. The smallest absolute Gasteiger partial charge is 0.384 e. The maximum atomic E-state index is 13.0. The van der Waals surface area contributed by atoms with Gasteiger partial charge in [0.05, 0.1) is 31.7 Å². The highest BCUT2D eigenvalue weighted by molar-refractivity contribution is 6.04. The molecule has 41 heavy (non-hydrogen) atoms. The molecule has 1 fully saturated rings. The van der Waals surface area contributed by atoms with Crippen molar-refractivity contribution in [2.24, 2.45) is 0 Å². The summed E-state index contributed by atoms with van der Waals surface area (Å²) in [6.07, 6.45) is -0.604. The van der Waals surface area contributed by atoms with E-state index in [9.17, 15) is 22.8 Å². The lowest BCUT2D eigenvalue weighted by Crippen LogP contribution is -2.43. The highest BCUT2D eigenvalue weighted by atomic mass is 19.4. The third kappa shape index (κ3) is 5.98. The molecular formula is C27H26F3N7O4. The van der Waals surface area contributed by atoms with E-state index in [2.05, 4.69) is 15.3 Å². The fourth-order valence-corrected chi connectivity index (χ4v) is 4.54. The molecule has 0 radical (unpaired) electrons. The zero-order chi connectivity index (χ0) is 29.1. The fourth-order valence-electron chi connectivity index (χ4n) is 4.54. The number of benzene rings is 1. The van der Waals surface area contributed by atoms with Crippen LogP contribution >= 0.6 is 0 Å². The third-order valence-electron chi connectivity index (χ3n) is 6.59. The minimum Gasteiger partial charge on any atom is -0.384 e. The van der Waals surface area contributed by atoms with E-state index in [1.807, 2.05) is 0 Å². The predicted molar refractivity (Wildman–Crippen MR) is 142 cm³/mol. The van der Waals surface area contributed by atoms with Crippen molar-refractivity contribution in [1.29, 1.82) is 0 Å². The quantitative estimate of drug-likeness (QED) is 0.345.